The number of hydrogen-bond donors (Lipinski definition) is 1. The fraction of sp³-hybridized carbons (Fsp3) is 0.500. The zero-order chi connectivity index (χ0) is 14.8. The lowest BCUT2D eigenvalue weighted by Gasteiger charge is -2.23. The third kappa shape index (κ3) is 3.12. The van der Waals surface area contributed by atoms with Crippen LogP contribution in [0.5, 0.6) is 0 Å². The van der Waals surface area contributed by atoms with E-state index >= 15 is 0 Å². The summed E-state index contributed by atoms with van der Waals surface area (Å²) in [4.78, 5) is 13.8. The number of urea groups is 1. The molecule has 20 heavy (non-hydrogen) atoms. The van der Waals surface area contributed by atoms with E-state index in [9.17, 15) is 13.2 Å². The minimum Gasteiger partial charge on any atom is -0.321 e. The molecule has 0 aliphatic carbocycles. The highest BCUT2D eigenvalue weighted by atomic mass is 32.2. The second kappa shape index (κ2) is 5.83. The van der Waals surface area contributed by atoms with E-state index in [2.05, 4.69) is 4.72 Å². The van der Waals surface area contributed by atoms with Crippen molar-refractivity contribution in [2.75, 3.05) is 6.54 Å². The van der Waals surface area contributed by atoms with Gasteiger partial charge < -0.3 is 4.90 Å². The molecule has 5 nitrogen and oxygen atoms in total. The molecule has 2 amide bonds. The van der Waals surface area contributed by atoms with Crippen LogP contribution in [0.4, 0.5) is 4.79 Å². The van der Waals surface area contributed by atoms with Gasteiger partial charge in [0.1, 0.15) is 0 Å². The molecule has 1 aliphatic heterocycles. The Balaban J connectivity index is 2.12. The molecule has 2 rings (SSSR count). The van der Waals surface area contributed by atoms with Crippen molar-refractivity contribution in [3.63, 3.8) is 0 Å². The van der Waals surface area contributed by atoms with E-state index in [4.69, 9.17) is 0 Å². The number of carbonyl (C=O) groups is 1. The van der Waals surface area contributed by atoms with Gasteiger partial charge in [0.15, 0.2) is 0 Å². The molecule has 1 aromatic carbocycles. The maximum atomic E-state index is 12.1. The normalized spacial score (nSPS) is 19.1. The first-order chi connectivity index (χ1) is 9.44. The van der Waals surface area contributed by atoms with E-state index in [0.717, 1.165) is 24.8 Å². The van der Waals surface area contributed by atoms with Gasteiger partial charge in [0.25, 0.3) is 10.0 Å². The molecule has 6 heteroatoms. The van der Waals surface area contributed by atoms with E-state index in [1.54, 1.807) is 17.0 Å². The number of benzene rings is 1. The minimum atomic E-state index is -3.79. The molecule has 1 unspecified atom stereocenters. The molecule has 1 aliphatic rings. The molecule has 1 N–H and O–H groups in total. The predicted octanol–water partition coefficient (Wildman–Crippen LogP) is 2.27. The smallest absolute Gasteiger partial charge is 0.321 e. The summed E-state index contributed by atoms with van der Waals surface area (Å²) in [6.45, 7) is 4.50. The first-order valence-corrected chi connectivity index (χ1v) is 8.32. The van der Waals surface area contributed by atoms with Crippen molar-refractivity contribution in [1.82, 2.24) is 9.62 Å². The number of rotatable bonds is 3. The van der Waals surface area contributed by atoms with Crippen LogP contribution in [-0.4, -0.2) is 31.9 Å². The number of sulfonamides is 1. The molecule has 0 spiro atoms. The monoisotopic (exact) mass is 296 g/mol. The van der Waals surface area contributed by atoms with Gasteiger partial charge in [-0.2, -0.15) is 0 Å². The summed E-state index contributed by atoms with van der Waals surface area (Å²) in [5.74, 6) is 0. The van der Waals surface area contributed by atoms with Gasteiger partial charge >= 0.3 is 6.03 Å². The van der Waals surface area contributed by atoms with Crippen LogP contribution >= 0.6 is 0 Å². The van der Waals surface area contributed by atoms with Crippen LogP contribution in [0, 0.1) is 6.92 Å². The molecule has 1 fully saturated rings. The third-order valence-electron chi connectivity index (χ3n) is 3.66. The van der Waals surface area contributed by atoms with Crippen LogP contribution in [0.2, 0.25) is 0 Å². The van der Waals surface area contributed by atoms with E-state index in [0.29, 0.717) is 6.54 Å². The first kappa shape index (κ1) is 14.8. The van der Waals surface area contributed by atoms with E-state index in [-0.39, 0.29) is 10.9 Å². The molecule has 1 atom stereocenters. The van der Waals surface area contributed by atoms with Crippen molar-refractivity contribution in [3.8, 4) is 0 Å². The summed E-state index contributed by atoms with van der Waals surface area (Å²) in [6.07, 6.45) is 2.71. The number of nitrogens with one attached hydrogen (secondary N) is 1. The van der Waals surface area contributed by atoms with Crippen LogP contribution in [-0.2, 0) is 10.0 Å². The van der Waals surface area contributed by atoms with Crippen molar-refractivity contribution in [1.29, 1.82) is 0 Å². The lowest BCUT2D eigenvalue weighted by atomic mass is 10.2. The van der Waals surface area contributed by atoms with Gasteiger partial charge in [0.05, 0.1) is 4.90 Å². The topological polar surface area (TPSA) is 66.5 Å². The molecule has 0 radical (unpaired) electrons. The highest BCUT2D eigenvalue weighted by molar-refractivity contribution is 7.90. The Bertz CT molecular complexity index is 581. The second-order valence-electron chi connectivity index (χ2n) is 5.12. The van der Waals surface area contributed by atoms with Crippen LogP contribution in [0.25, 0.3) is 0 Å². The number of amides is 2. The lowest BCUT2D eigenvalue weighted by Crippen LogP contribution is -2.44. The minimum absolute atomic E-state index is 0.115. The Morgan fingerprint density at radius 1 is 1.35 bits per heavy atom. The Kier molecular flexibility index (Phi) is 4.32. The van der Waals surface area contributed by atoms with E-state index in [1.165, 1.54) is 12.1 Å². The molecule has 0 saturated carbocycles. The summed E-state index contributed by atoms with van der Waals surface area (Å²) >= 11 is 0. The lowest BCUT2D eigenvalue weighted by molar-refractivity contribution is 0.197. The van der Waals surface area contributed by atoms with Gasteiger partial charge in [-0.15, -0.1) is 0 Å². The molecular weight excluding hydrogens is 276 g/mol. The van der Waals surface area contributed by atoms with Crippen molar-refractivity contribution in [2.45, 2.75) is 44.0 Å². The molecule has 1 aromatic rings. The Morgan fingerprint density at radius 2 is 2.00 bits per heavy atom. The van der Waals surface area contributed by atoms with Gasteiger partial charge in [-0.1, -0.05) is 24.6 Å². The molecular formula is C14H20N2O3S. The fourth-order valence-electron chi connectivity index (χ4n) is 2.48. The van der Waals surface area contributed by atoms with Crippen LogP contribution in [0.3, 0.4) is 0 Å². The summed E-state index contributed by atoms with van der Waals surface area (Å²) in [5.41, 5.74) is 0.973. The molecule has 1 heterocycles. The number of aryl methyl sites for hydroxylation is 1. The second-order valence-corrected chi connectivity index (χ2v) is 6.80. The Morgan fingerprint density at radius 3 is 2.60 bits per heavy atom. The van der Waals surface area contributed by atoms with Gasteiger partial charge in [-0.3, -0.25) is 0 Å². The average molecular weight is 296 g/mol. The summed E-state index contributed by atoms with van der Waals surface area (Å²) < 4.78 is 26.5. The number of nitrogens with zero attached hydrogens (tertiary/aromatic N) is 1. The fourth-order valence-corrected chi connectivity index (χ4v) is 3.44. The third-order valence-corrected chi connectivity index (χ3v) is 5.00. The van der Waals surface area contributed by atoms with Gasteiger partial charge in [0.2, 0.25) is 0 Å². The van der Waals surface area contributed by atoms with Gasteiger partial charge in [-0.25, -0.2) is 17.9 Å². The maximum absolute atomic E-state index is 12.1. The van der Waals surface area contributed by atoms with Crippen molar-refractivity contribution in [2.24, 2.45) is 0 Å². The zero-order valence-electron chi connectivity index (χ0n) is 11.8. The Hall–Kier alpha value is -1.56. The van der Waals surface area contributed by atoms with Crippen LogP contribution in [0.15, 0.2) is 29.2 Å². The number of likely N-dealkylation sites (tertiary alicyclic amines) is 1. The van der Waals surface area contributed by atoms with Gasteiger partial charge in [-0.05, 0) is 38.3 Å². The van der Waals surface area contributed by atoms with Gasteiger partial charge in [0, 0.05) is 12.6 Å². The predicted molar refractivity (Wildman–Crippen MR) is 76.9 cm³/mol. The van der Waals surface area contributed by atoms with E-state index < -0.39 is 16.1 Å². The number of hydrogen-bond acceptors (Lipinski definition) is 3. The maximum Gasteiger partial charge on any atom is 0.331 e. The summed E-state index contributed by atoms with van der Waals surface area (Å²) in [5, 5.41) is 0. The standard InChI is InChI=1S/C14H20N2O3S/c1-3-12-5-4-10-16(12)14(17)15-20(18,19)13-8-6-11(2)7-9-13/h6-9,12H,3-5,10H2,1-2H3,(H,15,17). The number of carbonyl (C=O) groups excluding carboxylic acids is 1. The van der Waals surface area contributed by atoms with Crippen molar-refractivity contribution >= 4 is 16.1 Å². The van der Waals surface area contributed by atoms with Crippen molar-refractivity contribution < 1.29 is 13.2 Å². The summed E-state index contributed by atoms with van der Waals surface area (Å²) in [6, 6.07) is 6.06. The largest absolute Gasteiger partial charge is 0.331 e. The molecule has 1 saturated heterocycles. The quantitative estimate of drug-likeness (QED) is 0.930. The van der Waals surface area contributed by atoms with Crippen LogP contribution < -0.4 is 4.72 Å². The first-order valence-electron chi connectivity index (χ1n) is 6.84. The SMILES string of the molecule is CCC1CCCN1C(=O)NS(=O)(=O)c1ccc(C)cc1. The Labute approximate surface area is 120 Å². The molecule has 0 bridgehead atoms. The summed E-state index contributed by atoms with van der Waals surface area (Å²) in [7, 11) is -3.79. The highest BCUT2D eigenvalue weighted by Crippen LogP contribution is 2.20. The van der Waals surface area contributed by atoms with Crippen LogP contribution in [0.1, 0.15) is 31.7 Å². The zero-order valence-corrected chi connectivity index (χ0v) is 12.6. The van der Waals surface area contributed by atoms with E-state index in [1.807, 2.05) is 13.8 Å². The molecule has 110 valence electrons. The van der Waals surface area contributed by atoms with Crippen molar-refractivity contribution in [3.05, 3.63) is 29.8 Å². The highest BCUT2D eigenvalue weighted by Gasteiger charge is 2.30. The average Bonchev–Trinajstić information content (AvgIpc) is 2.87. The molecule has 0 aromatic heterocycles.